The quantitative estimate of drug-likeness (QED) is 0.744. The Morgan fingerprint density at radius 2 is 2.37 bits per heavy atom. The molecule has 2 heterocycles. The summed E-state index contributed by atoms with van der Waals surface area (Å²) >= 11 is 0. The summed E-state index contributed by atoms with van der Waals surface area (Å²) in [4.78, 5) is 13.9. The third-order valence-electron chi connectivity index (χ3n) is 3.47. The molecule has 5 nitrogen and oxygen atoms in total. The predicted octanol–water partition coefficient (Wildman–Crippen LogP) is 0.159. The molecule has 1 aliphatic rings. The van der Waals surface area contributed by atoms with Gasteiger partial charge in [0.15, 0.2) is 0 Å². The van der Waals surface area contributed by atoms with Gasteiger partial charge in [-0.3, -0.25) is 9.69 Å². The first-order valence-electron chi connectivity index (χ1n) is 6.99. The topological polar surface area (TPSA) is 46.5 Å². The van der Waals surface area contributed by atoms with Gasteiger partial charge in [-0.15, -0.1) is 0 Å². The number of pyridine rings is 1. The van der Waals surface area contributed by atoms with Crippen molar-refractivity contribution in [2.45, 2.75) is 19.6 Å². The second-order valence-corrected chi connectivity index (χ2v) is 4.82. The van der Waals surface area contributed by atoms with Gasteiger partial charge in [0.05, 0.1) is 12.7 Å². The van der Waals surface area contributed by atoms with Gasteiger partial charge in [0.25, 0.3) is 5.56 Å². The van der Waals surface area contributed by atoms with Crippen LogP contribution in [-0.4, -0.2) is 54.9 Å². The van der Waals surface area contributed by atoms with E-state index in [1.165, 1.54) is 0 Å². The van der Waals surface area contributed by atoms with Crippen LogP contribution in [0.3, 0.4) is 0 Å². The van der Waals surface area contributed by atoms with E-state index in [4.69, 9.17) is 4.74 Å². The van der Waals surface area contributed by atoms with Gasteiger partial charge in [-0.1, -0.05) is 13.0 Å². The third kappa shape index (κ3) is 4.45. The van der Waals surface area contributed by atoms with Gasteiger partial charge < -0.3 is 14.6 Å². The second kappa shape index (κ2) is 7.43. The summed E-state index contributed by atoms with van der Waals surface area (Å²) in [6, 6.07) is 5.23. The molecule has 2 rings (SSSR count). The van der Waals surface area contributed by atoms with Crippen molar-refractivity contribution in [2.75, 3.05) is 39.3 Å². The van der Waals surface area contributed by atoms with Crippen LogP contribution in [0.1, 0.15) is 6.92 Å². The summed E-state index contributed by atoms with van der Waals surface area (Å²) in [6.45, 7) is 8.44. The summed E-state index contributed by atoms with van der Waals surface area (Å²) in [5.41, 5.74) is 0.0513. The van der Waals surface area contributed by atoms with E-state index >= 15 is 0 Å². The van der Waals surface area contributed by atoms with E-state index in [0.29, 0.717) is 6.54 Å². The molecular weight excluding hydrogens is 242 g/mol. The lowest BCUT2D eigenvalue weighted by Gasteiger charge is -2.32. The van der Waals surface area contributed by atoms with Gasteiger partial charge in [-0.25, -0.2) is 0 Å². The molecular formula is C14H23N3O2. The van der Waals surface area contributed by atoms with Gasteiger partial charge in [0.2, 0.25) is 0 Å². The lowest BCUT2D eigenvalue weighted by Crippen LogP contribution is -2.46. The van der Waals surface area contributed by atoms with Gasteiger partial charge in [-0.2, -0.15) is 0 Å². The fourth-order valence-electron chi connectivity index (χ4n) is 2.30. The molecule has 0 bridgehead atoms. The summed E-state index contributed by atoms with van der Waals surface area (Å²) in [6.07, 6.45) is 2.08. The van der Waals surface area contributed by atoms with Crippen LogP contribution in [-0.2, 0) is 11.3 Å². The highest BCUT2D eigenvalue weighted by molar-refractivity contribution is 4.93. The number of likely N-dealkylation sites (N-methyl/N-ethyl adjacent to an activating group) is 1. The lowest BCUT2D eigenvalue weighted by atomic mass is 10.2. The van der Waals surface area contributed by atoms with Crippen molar-refractivity contribution in [3.63, 3.8) is 0 Å². The molecule has 1 saturated heterocycles. The van der Waals surface area contributed by atoms with Gasteiger partial charge in [0.1, 0.15) is 0 Å². The third-order valence-corrected chi connectivity index (χ3v) is 3.47. The molecule has 0 spiro atoms. The largest absolute Gasteiger partial charge is 0.374 e. The molecule has 19 heavy (non-hydrogen) atoms. The molecule has 106 valence electrons. The van der Waals surface area contributed by atoms with Gasteiger partial charge >= 0.3 is 0 Å². The maximum absolute atomic E-state index is 11.5. The van der Waals surface area contributed by atoms with E-state index in [2.05, 4.69) is 17.1 Å². The number of nitrogens with zero attached hydrogens (tertiary/aromatic N) is 2. The molecule has 1 atom stereocenters. The van der Waals surface area contributed by atoms with Crippen LogP contribution >= 0.6 is 0 Å². The monoisotopic (exact) mass is 265 g/mol. The molecule has 0 aliphatic carbocycles. The van der Waals surface area contributed by atoms with Gasteiger partial charge in [0, 0.05) is 45.0 Å². The van der Waals surface area contributed by atoms with Crippen molar-refractivity contribution >= 4 is 0 Å². The maximum atomic E-state index is 11.5. The molecule has 1 fully saturated rings. The van der Waals surface area contributed by atoms with Gasteiger partial charge in [-0.05, 0) is 12.6 Å². The Kier molecular flexibility index (Phi) is 5.57. The van der Waals surface area contributed by atoms with Crippen molar-refractivity contribution in [3.05, 3.63) is 34.7 Å². The molecule has 0 radical (unpaired) electrons. The van der Waals surface area contributed by atoms with Crippen LogP contribution in [0.25, 0.3) is 0 Å². The zero-order chi connectivity index (χ0) is 13.5. The number of morpholine rings is 1. The first-order valence-corrected chi connectivity index (χ1v) is 6.99. The number of ether oxygens (including phenoxy) is 1. The van der Waals surface area contributed by atoms with Crippen molar-refractivity contribution in [2.24, 2.45) is 0 Å². The average Bonchev–Trinajstić information content (AvgIpc) is 2.45. The molecule has 1 unspecified atom stereocenters. The van der Waals surface area contributed by atoms with Crippen molar-refractivity contribution in [3.8, 4) is 0 Å². The minimum Gasteiger partial charge on any atom is -0.374 e. The highest BCUT2D eigenvalue weighted by Gasteiger charge is 2.18. The molecule has 1 aromatic rings. The highest BCUT2D eigenvalue weighted by atomic mass is 16.5. The van der Waals surface area contributed by atoms with Crippen LogP contribution in [0.2, 0.25) is 0 Å². The minimum absolute atomic E-state index is 0.0513. The lowest BCUT2D eigenvalue weighted by molar-refractivity contribution is -0.0252. The van der Waals surface area contributed by atoms with Crippen LogP contribution in [0.5, 0.6) is 0 Å². The zero-order valence-electron chi connectivity index (χ0n) is 11.5. The Labute approximate surface area is 114 Å². The van der Waals surface area contributed by atoms with Crippen molar-refractivity contribution in [1.82, 2.24) is 14.8 Å². The fraction of sp³-hybridized carbons (Fsp3) is 0.643. The van der Waals surface area contributed by atoms with E-state index < -0.39 is 0 Å². The Hall–Kier alpha value is -1.17. The normalized spacial score (nSPS) is 20.6. The van der Waals surface area contributed by atoms with Crippen molar-refractivity contribution in [1.29, 1.82) is 0 Å². The van der Waals surface area contributed by atoms with E-state index in [9.17, 15) is 4.79 Å². The number of rotatable bonds is 6. The fourth-order valence-corrected chi connectivity index (χ4v) is 2.30. The molecule has 1 aromatic heterocycles. The standard InChI is InChI=1S/C14H23N3O2/c1-2-16-9-10-19-13(12-16)11-15-6-8-17-7-4-3-5-14(17)18/h3-5,7,13,15H,2,6,8-12H2,1H3. The SMILES string of the molecule is CCN1CCOC(CNCCn2ccccc2=O)C1. The summed E-state index contributed by atoms with van der Waals surface area (Å²) in [7, 11) is 0. The van der Waals surface area contributed by atoms with Crippen LogP contribution in [0.4, 0.5) is 0 Å². The first kappa shape index (κ1) is 14.2. The molecule has 0 aromatic carbocycles. The van der Waals surface area contributed by atoms with Crippen LogP contribution in [0.15, 0.2) is 29.2 Å². The Morgan fingerprint density at radius 1 is 1.47 bits per heavy atom. The smallest absolute Gasteiger partial charge is 0.250 e. The van der Waals surface area contributed by atoms with E-state index in [0.717, 1.165) is 39.3 Å². The van der Waals surface area contributed by atoms with E-state index in [1.54, 1.807) is 16.7 Å². The Balaban J connectivity index is 1.67. The zero-order valence-corrected chi connectivity index (χ0v) is 11.5. The van der Waals surface area contributed by atoms with E-state index in [1.807, 2.05) is 12.3 Å². The van der Waals surface area contributed by atoms with Crippen LogP contribution in [0, 0.1) is 0 Å². The second-order valence-electron chi connectivity index (χ2n) is 4.82. The predicted molar refractivity (Wildman–Crippen MR) is 75.4 cm³/mol. The summed E-state index contributed by atoms with van der Waals surface area (Å²) in [5.74, 6) is 0. The molecule has 5 heteroatoms. The number of nitrogens with one attached hydrogen (secondary N) is 1. The van der Waals surface area contributed by atoms with Crippen molar-refractivity contribution < 1.29 is 4.74 Å². The molecule has 1 aliphatic heterocycles. The number of hydrogen-bond acceptors (Lipinski definition) is 4. The molecule has 0 saturated carbocycles. The molecule has 0 amide bonds. The Bertz CT molecular complexity index is 433. The highest BCUT2D eigenvalue weighted by Crippen LogP contribution is 2.03. The van der Waals surface area contributed by atoms with E-state index in [-0.39, 0.29) is 11.7 Å². The maximum Gasteiger partial charge on any atom is 0.250 e. The van der Waals surface area contributed by atoms with Crippen LogP contribution < -0.4 is 10.9 Å². The number of aromatic nitrogens is 1. The summed E-state index contributed by atoms with van der Waals surface area (Å²) < 4.78 is 7.43. The Morgan fingerprint density at radius 3 is 3.16 bits per heavy atom. The summed E-state index contributed by atoms with van der Waals surface area (Å²) in [5, 5.41) is 3.36. The average molecular weight is 265 g/mol. The first-order chi connectivity index (χ1) is 9.29. The number of hydrogen-bond donors (Lipinski definition) is 1. The minimum atomic E-state index is 0.0513. The molecule has 1 N–H and O–H groups in total.